The van der Waals surface area contributed by atoms with E-state index in [1.807, 2.05) is 18.3 Å². The number of aromatic amines is 1. The zero-order valence-electron chi connectivity index (χ0n) is 14.7. The normalized spacial score (nSPS) is 18.1. The van der Waals surface area contributed by atoms with E-state index in [4.69, 9.17) is 11.0 Å². The third-order valence-corrected chi connectivity index (χ3v) is 5.04. The van der Waals surface area contributed by atoms with Gasteiger partial charge in [0.25, 0.3) is 0 Å². The van der Waals surface area contributed by atoms with Crippen LogP contribution in [0.3, 0.4) is 0 Å². The van der Waals surface area contributed by atoms with Crippen LogP contribution in [0.5, 0.6) is 0 Å². The number of carbonyl (C=O) groups excluding carboxylic acids is 1. The maximum Gasteiger partial charge on any atom is 0.230 e. The number of H-pyrrole nitrogens is 1. The quantitative estimate of drug-likeness (QED) is 0.508. The Morgan fingerprint density at radius 2 is 2.18 bits per heavy atom. The van der Waals surface area contributed by atoms with Gasteiger partial charge in [-0.2, -0.15) is 5.26 Å². The van der Waals surface area contributed by atoms with Gasteiger partial charge >= 0.3 is 0 Å². The lowest BCUT2D eigenvalue weighted by molar-refractivity contribution is -0.117. The van der Waals surface area contributed by atoms with Gasteiger partial charge in [-0.3, -0.25) is 9.78 Å². The molecule has 0 radical (unpaired) electrons. The Bertz CT molecular complexity index is 1290. The smallest absolute Gasteiger partial charge is 0.230 e. The summed E-state index contributed by atoms with van der Waals surface area (Å²) in [4.78, 5) is 28.4. The fourth-order valence-corrected chi connectivity index (χ4v) is 3.41. The number of nitriles is 1. The second-order valence-electron chi connectivity index (χ2n) is 6.88. The van der Waals surface area contributed by atoms with E-state index in [1.54, 1.807) is 24.7 Å². The van der Waals surface area contributed by atoms with Crippen LogP contribution >= 0.6 is 0 Å². The Labute approximate surface area is 159 Å². The first-order valence-corrected chi connectivity index (χ1v) is 8.82. The number of nitrogens with zero attached hydrogens (tertiary/aromatic N) is 4. The molecule has 28 heavy (non-hydrogen) atoms. The molecular formula is C20H15N7O. The molecule has 8 nitrogen and oxygen atoms in total. The van der Waals surface area contributed by atoms with Crippen LogP contribution in [0, 0.1) is 23.2 Å². The molecule has 8 heteroatoms. The number of nitrogens with one attached hydrogen (secondary N) is 2. The van der Waals surface area contributed by atoms with E-state index in [-0.39, 0.29) is 17.7 Å². The van der Waals surface area contributed by atoms with Crippen LogP contribution in [0.4, 0.5) is 11.6 Å². The number of anilines is 2. The Hall–Kier alpha value is -3.99. The van der Waals surface area contributed by atoms with Gasteiger partial charge in [0.2, 0.25) is 5.91 Å². The summed E-state index contributed by atoms with van der Waals surface area (Å²) < 4.78 is 0. The second kappa shape index (κ2) is 6.03. The predicted octanol–water partition coefficient (Wildman–Crippen LogP) is 2.85. The highest BCUT2D eigenvalue weighted by Crippen LogP contribution is 2.38. The summed E-state index contributed by atoms with van der Waals surface area (Å²) in [7, 11) is 0. The number of hydrogen-bond acceptors (Lipinski definition) is 6. The first-order chi connectivity index (χ1) is 13.6. The molecule has 0 aromatic carbocycles. The van der Waals surface area contributed by atoms with Gasteiger partial charge < -0.3 is 16.0 Å². The van der Waals surface area contributed by atoms with Crippen molar-refractivity contribution in [2.45, 2.75) is 6.42 Å². The molecule has 4 heterocycles. The lowest BCUT2D eigenvalue weighted by atomic mass is 10.1. The van der Waals surface area contributed by atoms with Crippen molar-refractivity contribution in [3.63, 3.8) is 0 Å². The number of amides is 1. The monoisotopic (exact) mass is 369 g/mol. The molecule has 5 rings (SSSR count). The number of aromatic nitrogens is 4. The molecule has 0 saturated heterocycles. The van der Waals surface area contributed by atoms with Gasteiger partial charge in [0.15, 0.2) is 0 Å². The van der Waals surface area contributed by atoms with E-state index in [2.05, 4.69) is 31.3 Å². The van der Waals surface area contributed by atoms with Crippen LogP contribution in [0.25, 0.3) is 32.9 Å². The van der Waals surface area contributed by atoms with Crippen LogP contribution in [0.15, 0.2) is 43.0 Å². The minimum Gasteiger partial charge on any atom is -0.383 e. The number of hydrogen-bond donors (Lipinski definition) is 3. The molecule has 4 aromatic rings. The minimum absolute atomic E-state index is 0.179. The van der Waals surface area contributed by atoms with Gasteiger partial charge in [-0.25, -0.2) is 9.97 Å². The van der Waals surface area contributed by atoms with Gasteiger partial charge in [-0.05, 0) is 30.0 Å². The van der Waals surface area contributed by atoms with Crippen molar-refractivity contribution in [2.75, 3.05) is 11.1 Å². The van der Waals surface area contributed by atoms with Crippen molar-refractivity contribution < 1.29 is 4.79 Å². The summed E-state index contributed by atoms with van der Waals surface area (Å²) in [6.07, 6.45) is 7.56. The average Bonchev–Trinajstić information content (AvgIpc) is 3.34. The zero-order valence-corrected chi connectivity index (χ0v) is 14.7. The van der Waals surface area contributed by atoms with Crippen molar-refractivity contribution in [2.24, 2.45) is 11.8 Å². The fourth-order valence-electron chi connectivity index (χ4n) is 3.41. The number of fused-ring (bicyclic) bond motifs is 2. The van der Waals surface area contributed by atoms with Crippen molar-refractivity contribution in [3.8, 4) is 17.3 Å². The molecular weight excluding hydrogens is 354 g/mol. The maximum atomic E-state index is 12.2. The van der Waals surface area contributed by atoms with Crippen molar-refractivity contribution in [1.82, 2.24) is 19.9 Å². The first-order valence-electron chi connectivity index (χ1n) is 8.82. The third-order valence-electron chi connectivity index (χ3n) is 5.04. The van der Waals surface area contributed by atoms with Crippen LogP contribution < -0.4 is 11.1 Å². The summed E-state index contributed by atoms with van der Waals surface area (Å²) in [5, 5.41) is 14.2. The number of rotatable bonds is 3. The van der Waals surface area contributed by atoms with E-state index in [0.29, 0.717) is 29.1 Å². The summed E-state index contributed by atoms with van der Waals surface area (Å²) in [6, 6.07) is 7.75. The lowest BCUT2D eigenvalue weighted by Crippen LogP contribution is -2.15. The molecule has 1 fully saturated rings. The Morgan fingerprint density at radius 1 is 1.29 bits per heavy atom. The molecule has 1 aliphatic carbocycles. The zero-order chi connectivity index (χ0) is 19.3. The van der Waals surface area contributed by atoms with Gasteiger partial charge in [0, 0.05) is 34.9 Å². The molecule has 1 aliphatic rings. The topological polar surface area (TPSA) is 133 Å². The Balaban J connectivity index is 1.55. The number of nitrogens with two attached hydrogens (primary N) is 1. The molecule has 4 N–H and O–H groups in total. The highest BCUT2D eigenvalue weighted by Gasteiger charge is 2.43. The van der Waals surface area contributed by atoms with Gasteiger partial charge in [0.1, 0.15) is 11.6 Å². The molecule has 0 spiro atoms. The molecule has 2 atom stereocenters. The SMILES string of the molecule is N#CC1C[C@H]1C(=O)Nc1cc2cc(-c3cncc4[nH]ccc34)nc(N)c2cn1. The van der Waals surface area contributed by atoms with Gasteiger partial charge in [-0.1, -0.05) is 0 Å². The lowest BCUT2D eigenvalue weighted by Gasteiger charge is -2.09. The number of pyridine rings is 3. The van der Waals surface area contributed by atoms with E-state index < -0.39 is 0 Å². The molecule has 4 aromatic heterocycles. The van der Waals surface area contributed by atoms with Crippen LogP contribution in [0.2, 0.25) is 0 Å². The number of carbonyl (C=O) groups is 1. The van der Waals surface area contributed by atoms with E-state index in [0.717, 1.165) is 21.9 Å². The standard InChI is InChI=1S/C20H15N7O/c21-6-11-3-13(11)20(28)27-18-5-10-4-16(26-19(22)14(10)8-25-18)15-7-23-9-17-12(15)1-2-24-17/h1-2,4-5,7-9,11,13,24H,3H2,(H2,22,26)(H,25,27,28)/t11?,13-/m1/s1. The molecule has 1 unspecified atom stereocenters. The molecule has 0 aliphatic heterocycles. The van der Waals surface area contributed by atoms with Gasteiger partial charge in [-0.15, -0.1) is 0 Å². The van der Waals surface area contributed by atoms with Crippen molar-refractivity contribution in [1.29, 1.82) is 5.26 Å². The Morgan fingerprint density at radius 3 is 3.00 bits per heavy atom. The average molecular weight is 369 g/mol. The van der Waals surface area contributed by atoms with Gasteiger partial charge in [0.05, 0.1) is 35.3 Å². The molecule has 1 amide bonds. The van der Waals surface area contributed by atoms with Crippen molar-refractivity contribution in [3.05, 3.63) is 43.0 Å². The molecule has 136 valence electrons. The highest BCUT2D eigenvalue weighted by atomic mass is 16.2. The second-order valence-corrected chi connectivity index (χ2v) is 6.88. The van der Waals surface area contributed by atoms with E-state index in [9.17, 15) is 4.79 Å². The summed E-state index contributed by atoms with van der Waals surface area (Å²) in [6.45, 7) is 0. The highest BCUT2D eigenvalue weighted by molar-refractivity contribution is 6.00. The van der Waals surface area contributed by atoms with Crippen LogP contribution in [-0.4, -0.2) is 25.8 Å². The first kappa shape index (κ1) is 16.2. The molecule has 1 saturated carbocycles. The third kappa shape index (κ3) is 2.61. The largest absolute Gasteiger partial charge is 0.383 e. The van der Waals surface area contributed by atoms with Crippen molar-refractivity contribution >= 4 is 39.2 Å². The van der Waals surface area contributed by atoms with E-state index >= 15 is 0 Å². The van der Waals surface area contributed by atoms with E-state index in [1.165, 1.54) is 0 Å². The molecule has 0 bridgehead atoms. The maximum absolute atomic E-state index is 12.2. The van der Waals surface area contributed by atoms with Crippen LogP contribution in [0.1, 0.15) is 6.42 Å². The fraction of sp³-hybridized carbons (Fsp3) is 0.150. The van der Waals surface area contributed by atoms with Crippen LogP contribution in [-0.2, 0) is 4.79 Å². The predicted molar refractivity (Wildman–Crippen MR) is 105 cm³/mol. The Kier molecular flexibility index (Phi) is 3.49. The minimum atomic E-state index is -0.252. The summed E-state index contributed by atoms with van der Waals surface area (Å²) in [5.74, 6) is 0.161. The summed E-state index contributed by atoms with van der Waals surface area (Å²) in [5.41, 5.74) is 8.63. The number of nitrogen functional groups attached to an aromatic ring is 1. The summed E-state index contributed by atoms with van der Waals surface area (Å²) >= 11 is 0.